The molecule has 2 N–H and O–H groups in total. The van der Waals surface area contributed by atoms with E-state index in [1.54, 1.807) is 6.92 Å². The zero-order valence-electron chi connectivity index (χ0n) is 10.1. The van der Waals surface area contributed by atoms with Gasteiger partial charge >= 0.3 is 0 Å². The first kappa shape index (κ1) is 12.0. The summed E-state index contributed by atoms with van der Waals surface area (Å²) < 4.78 is 0. The van der Waals surface area contributed by atoms with Crippen LogP contribution in [0.5, 0.6) is 0 Å². The fourth-order valence-electron chi connectivity index (χ4n) is 1.90. The third-order valence-corrected chi connectivity index (χ3v) is 2.73. The van der Waals surface area contributed by atoms with Crippen LogP contribution < -0.4 is 5.32 Å². The van der Waals surface area contributed by atoms with E-state index in [0.717, 1.165) is 18.5 Å². The Kier molecular flexibility index (Phi) is 4.07. The van der Waals surface area contributed by atoms with Crippen molar-refractivity contribution in [3.63, 3.8) is 0 Å². The maximum absolute atomic E-state index is 9.15. The molecule has 1 atom stereocenters. The standard InChI is InChI=1S/C14H18N2O/c1-11(17)10-15-9-7-13-5-2-4-12-6-3-8-16-14(12)13/h2-6,8,11,15,17H,7,9-10H2,1H3. The van der Waals surface area contributed by atoms with Crippen molar-refractivity contribution in [2.75, 3.05) is 13.1 Å². The number of pyridine rings is 1. The number of para-hydroxylation sites is 1. The molecule has 0 saturated heterocycles. The summed E-state index contributed by atoms with van der Waals surface area (Å²) in [5, 5.41) is 13.5. The SMILES string of the molecule is CC(O)CNCCc1cccc2cccnc12. The Morgan fingerprint density at radius 2 is 2.12 bits per heavy atom. The van der Waals surface area contributed by atoms with Gasteiger partial charge in [0.25, 0.3) is 0 Å². The molecule has 1 aromatic heterocycles. The number of nitrogens with zero attached hydrogens (tertiary/aromatic N) is 1. The first-order chi connectivity index (χ1) is 8.27. The van der Waals surface area contributed by atoms with Crippen molar-refractivity contribution in [2.24, 2.45) is 0 Å². The van der Waals surface area contributed by atoms with Gasteiger partial charge in [-0.15, -0.1) is 0 Å². The molecule has 0 saturated carbocycles. The van der Waals surface area contributed by atoms with Gasteiger partial charge in [-0.3, -0.25) is 4.98 Å². The van der Waals surface area contributed by atoms with Crippen LogP contribution in [0.4, 0.5) is 0 Å². The van der Waals surface area contributed by atoms with Gasteiger partial charge < -0.3 is 10.4 Å². The summed E-state index contributed by atoms with van der Waals surface area (Å²) in [6.45, 7) is 3.28. The zero-order chi connectivity index (χ0) is 12.1. The van der Waals surface area contributed by atoms with Crippen molar-refractivity contribution < 1.29 is 5.11 Å². The van der Waals surface area contributed by atoms with Crippen LogP contribution in [0.3, 0.4) is 0 Å². The molecule has 2 aromatic rings. The van der Waals surface area contributed by atoms with Crippen molar-refractivity contribution in [3.8, 4) is 0 Å². The minimum atomic E-state index is -0.291. The van der Waals surface area contributed by atoms with Crippen LogP contribution in [-0.2, 0) is 6.42 Å². The van der Waals surface area contributed by atoms with E-state index in [0.29, 0.717) is 6.54 Å². The summed E-state index contributed by atoms with van der Waals surface area (Å²) >= 11 is 0. The Morgan fingerprint density at radius 3 is 2.94 bits per heavy atom. The largest absolute Gasteiger partial charge is 0.392 e. The van der Waals surface area contributed by atoms with Gasteiger partial charge in [0.05, 0.1) is 11.6 Å². The number of aliphatic hydroxyl groups is 1. The van der Waals surface area contributed by atoms with Gasteiger partial charge in [-0.2, -0.15) is 0 Å². The summed E-state index contributed by atoms with van der Waals surface area (Å²) in [6, 6.07) is 10.3. The van der Waals surface area contributed by atoms with Crippen molar-refractivity contribution >= 4 is 10.9 Å². The molecule has 0 aliphatic heterocycles. The van der Waals surface area contributed by atoms with Crippen molar-refractivity contribution in [1.82, 2.24) is 10.3 Å². The first-order valence-electron chi connectivity index (χ1n) is 5.99. The average molecular weight is 230 g/mol. The van der Waals surface area contributed by atoms with E-state index in [-0.39, 0.29) is 6.10 Å². The van der Waals surface area contributed by atoms with E-state index in [9.17, 15) is 0 Å². The van der Waals surface area contributed by atoms with Gasteiger partial charge in [0.15, 0.2) is 0 Å². The number of rotatable bonds is 5. The molecule has 3 heteroatoms. The molecule has 0 aliphatic carbocycles. The Morgan fingerprint density at radius 1 is 1.29 bits per heavy atom. The number of hydrogen-bond donors (Lipinski definition) is 2. The number of benzene rings is 1. The summed E-state index contributed by atoms with van der Waals surface area (Å²) in [4.78, 5) is 4.42. The van der Waals surface area contributed by atoms with Crippen LogP contribution in [0.1, 0.15) is 12.5 Å². The predicted octanol–water partition coefficient (Wildman–Crippen LogP) is 1.75. The molecule has 0 spiro atoms. The quantitative estimate of drug-likeness (QED) is 0.769. The normalized spacial score (nSPS) is 12.8. The van der Waals surface area contributed by atoms with E-state index in [1.165, 1.54) is 10.9 Å². The molecule has 2 rings (SSSR count). The Balaban J connectivity index is 2.03. The molecule has 0 radical (unpaired) electrons. The van der Waals surface area contributed by atoms with Gasteiger partial charge in [-0.05, 0) is 31.5 Å². The fraction of sp³-hybridized carbons (Fsp3) is 0.357. The van der Waals surface area contributed by atoms with Crippen LogP contribution >= 0.6 is 0 Å². The highest BCUT2D eigenvalue weighted by molar-refractivity contribution is 5.81. The Hall–Kier alpha value is -1.45. The molecule has 0 fully saturated rings. The van der Waals surface area contributed by atoms with Crippen molar-refractivity contribution in [2.45, 2.75) is 19.4 Å². The third kappa shape index (κ3) is 3.25. The molecular formula is C14H18N2O. The van der Waals surface area contributed by atoms with E-state index in [4.69, 9.17) is 5.11 Å². The number of fused-ring (bicyclic) bond motifs is 1. The van der Waals surface area contributed by atoms with Crippen molar-refractivity contribution in [3.05, 3.63) is 42.1 Å². The van der Waals surface area contributed by atoms with E-state index in [2.05, 4.69) is 34.6 Å². The Labute approximate surface area is 102 Å². The predicted molar refractivity (Wildman–Crippen MR) is 70.0 cm³/mol. The lowest BCUT2D eigenvalue weighted by Crippen LogP contribution is -2.26. The van der Waals surface area contributed by atoms with Gasteiger partial charge in [0.2, 0.25) is 0 Å². The summed E-state index contributed by atoms with van der Waals surface area (Å²) in [6.07, 6.45) is 2.47. The maximum atomic E-state index is 9.15. The molecule has 0 bridgehead atoms. The van der Waals surface area contributed by atoms with Gasteiger partial charge in [0.1, 0.15) is 0 Å². The molecule has 90 valence electrons. The number of nitrogens with one attached hydrogen (secondary N) is 1. The lowest BCUT2D eigenvalue weighted by atomic mass is 10.1. The fourth-order valence-corrected chi connectivity index (χ4v) is 1.90. The minimum absolute atomic E-state index is 0.291. The highest BCUT2D eigenvalue weighted by Crippen LogP contribution is 2.15. The number of aromatic nitrogens is 1. The monoisotopic (exact) mass is 230 g/mol. The zero-order valence-corrected chi connectivity index (χ0v) is 10.1. The van der Waals surface area contributed by atoms with Crippen LogP contribution in [0.25, 0.3) is 10.9 Å². The van der Waals surface area contributed by atoms with E-state index < -0.39 is 0 Å². The second-order valence-electron chi connectivity index (χ2n) is 4.30. The highest BCUT2D eigenvalue weighted by Gasteiger charge is 2.01. The van der Waals surface area contributed by atoms with E-state index >= 15 is 0 Å². The number of hydrogen-bond acceptors (Lipinski definition) is 3. The topological polar surface area (TPSA) is 45.1 Å². The molecular weight excluding hydrogens is 212 g/mol. The van der Waals surface area contributed by atoms with Gasteiger partial charge in [0, 0.05) is 18.1 Å². The minimum Gasteiger partial charge on any atom is -0.392 e. The lowest BCUT2D eigenvalue weighted by molar-refractivity contribution is 0.191. The van der Waals surface area contributed by atoms with E-state index in [1.807, 2.05) is 12.3 Å². The molecule has 0 amide bonds. The smallest absolute Gasteiger partial charge is 0.0734 e. The summed E-state index contributed by atoms with van der Waals surface area (Å²) in [5.41, 5.74) is 2.33. The van der Waals surface area contributed by atoms with Crippen LogP contribution in [0.15, 0.2) is 36.5 Å². The first-order valence-corrected chi connectivity index (χ1v) is 5.99. The van der Waals surface area contributed by atoms with Crippen molar-refractivity contribution in [1.29, 1.82) is 0 Å². The van der Waals surface area contributed by atoms with Crippen LogP contribution in [-0.4, -0.2) is 29.3 Å². The molecule has 1 unspecified atom stereocenters. The lowest BCUT2D eigenvalue weighted by Gasteiger charge is -2.08. The Bertz CT molecular complexity index is 477. The average Bonchev–Trinajstić information content (AvgIpc) is 2.34. The molecule has 17 heavy (non-hydrogen) atoms. The summed E-state index contributed by atoms with van der Waals surface area (Å²) in [5.74, 6) is 0. The van der Waals surface area contributed by atoms with Gasteiger partial charge in [-0.1, -0.05) is 24.3 Å². The number of aliphatic hydroxyl groups excluding tert-OH is 1. The highest BCUT2D eigenvalue weighted by atomic mass is 16.3. The second-order valence-corrected chi connectivity index (χ2v) is 4.30. The van der Waals surface area contributed by atoms with Gasteiger partial charge in [-0.25, -0.2) is 0 Å². The third-order valence-electron chi connectivity index (χ3n) is 2.73. The van der Waals surface area contributed by atoms with Crippen LogP contribution in [0.2, 0.25) is 0 Å². The molecule has 1 aromatic carbocycles. The maximum Gasteiger partial charge on any atom is 0.0734 e. The molecule has 0 aliphatic rings. The molecule has 1 heterocycles. The van der Waals surface area contributed by atoms with Crippen LogP contribution in [0, 0.1) is 0 Å². The second kappa shape index (κ2) is 5.75. The summed E-state index contributed by atoms with van der Waals surface area (Å²) in [7, 11) is 0. The molecule has 3 nitrogen and oxygen atoms in total.